The molecule has 120 valence electrons. The molecular weight excluding hydrogens is 318 g/mol. The quantitative estimate of drug-likeness (QED) is 0.881. The SMILES string of the molecule is O=C(O)CC1(NC(=O)c2cnn(-c3ccc(Cl)cc3)c2)CCC1. The van der Waals surface area contributed by atoms with Gasteiger partial charge in [0.2, 0.25) is 0 Å². The summed E-state index contributed by atoms with van der Waals surface area (Å²) in [4.78, 5) is 23.3. The van der Waals surface area contributed by atoms with Crippen molar-refractivity contribution in [2.75, 3.05) is 0 Å². The van der Waals surface area contributed by atoms with E-state index in [0.717, 1.165) is 12.1 Å². The van der Waals surface area contributed by atoms with Crippen molar-refractivity contribution < 1.29 is 14.7 Å². The molecule has 1 saturated carbocycles. The highest BCUT2D eigenvalue weighted by molar-refractivity contribution is 6.30. The van der Waals surface area contributed by atoms with Crippen LogP contribution in [0.25, 0.3) is 5.69 Å². The minimum atomic E-state index is -0.901. The number of nitrogens with one attached hydrogen (secondary N) is 1. The summed E-state index contributed by atoms with van der Waals surface area (Å²) in [6, 6.07) is 7.09. The third-order valence-corrected chi connectivity index (χ3v) is 4.37. The molecule has 2 N–H and O–H groups in total. The Hall–Kier alpha value is -2.34. The number of carbonyl (C=O) groups excluding carboxylic acids is 1. The van der Waals surface area contributed by atoms with E-state index >= 15 is 0 Å². The first-order valence-electron chi connectivity index (χ1n) is 7.32. The van der Waals surface area contributed by atoms with Crippen molar-refractivity contribution in [1.29, 1.82) is 0 Å². The number of hydrogen-bond acceptors (Lipinski definition) is 3. The molecule has 1 heterocycles. The molecule has 1 aromatic heterocycles. The Labute approximate surface area is 138 Å². The molecule has 7 heteroatoms. The molecule has 1 amide bonds. The van der Waals surface area contributed by atoms with Crippen LogP contribution in [0.15, 0.2) is 36.7 Å². The van der Waals surface area contributed by atoms with E-state index in [1.54, 1.807) is 35.1 Å². The molecule has 23 heavy (non-hydrogen) atoms. The van der Waals surface area contributed by atoms with E-state index in [9.17, 15) is 9.59 Å². The Bertz CT molecular complexity index is 735. The lowest BCUT2D eigenvalue weighted by Crippen LogP contribution is -2.54. The van der Waals surface area contributed by atoms with Crippen LogP contribution < -0.4 is 5.32 Å². The van der Waals surface area contributed by atoms with Gasteiger partial charge < -0.3 is 10.4 Å². The third kappa shape index (κ3) is 3.37. The first kappa shape index (κ1) is 15.6. The van der Waals surface area contributed by atoms with Gasteiger partial charge in [-0.2, -0.15) is 5.10 Å². The minimum Gasteiger partial charge on any atom is -0.481 e. The molecule has 6 nitrogen and oxygen atoms in total. The van der Waals surface area contributed by atoms with Crippen molar-refractivity contribution in [1.82, 2.24) is 15.1 Å². The Morgan fingerprint density at radius 3 is 2.57 bits per heavy atom. The number of nitrogens with zero attached hydrogens (tertiary/aromatic N) is 2. The predicted octanol–water partition coefficient (Wildman–Crippen LogP) is 2.65. The number of aromatic nitrogens is 2. The summed E-state index contributed by atoms with van der Waals surface area (Å²) in [5.74, 6) is -1.20. The molecule has 2 aromatic rings. The molecule has 0 spiro atoms. The average Bonchev–Trinajstić information content (AvgIpc) is 2.95. The molecule has 0 radical (unpaired) electrons. The van der Waals surface area contributed by atoms with Crippen LogP contribution in [0.3, 0.4) is 0 Å². The van der Waals surface area contributed by atoms with E-state index in [0.29, 0.717) is 23.4 Å². The van der Waals surface area contributed by atoms with Crippen LogP contribution in [0, 0.1) is 0 Å². The summed E-state index contributed by atoms with van der Waals surface area (Å²) in [6.45, 7) is 0. The van der Waals surface area contributed by atoms with Gasteiger partial charge in [0.1, 0.15) is 0 Å². The second kappa shape index (κ2) is 6.04. The van der Waals surface area contributed by atoms with Gasteiger partial charge in [-0.1, -0.05) is 11.6 Å². The number of carboxylic acids is 1. The summed E-state index contributed by atoms with van der Waals surface area (Å²) in [5, 5.41) is 16.6. The van der Waals surface area contributed by atoms with Crippen molar-refractivity contribution in [3.8, 4) is 5.69 Å². The lowest BCUT2D eigenvalue weighted by molar-refractivity contribution is -0.139. The van der Waals surface area contributed by atoms with Gasteiger partial charge in [-0.25, -0.2) is 4.68 Å². The fourth-order valence-corrected chi connectivity index (χ4v) is 2.85. The van der Waals surface area contributed by atoms with Gasteiger partial charge in [-0.15, -0.1) is 0 Å². The van der Waals surface area contributed by atoms with Crippen LogP contribution in [-0.2, 0) is 4.79 Å². The molecule has 3 rings (SSSR count). The van der Waals surface area contributed by atoms with Gasteiger partial charge in [0.25, 0.3) is 5.91 Å². The molecule has 1 aromatic carbocycles. The number of carboxylic acid groups (broad SMARTS) is 1. The second-order valence-electron chi connectivity index (χ2n) is 5.81. The average molecular weight is 334 g/mol. The largest absolute Gasteiger partial charge is 0.481 e. The molecule has 1 fully saturated rings. The summed E-state index contributed by atoms with van der Waals surface area (Å²) in [7, 11) is 0. The van der Waals surface area contributed by atoms with Gasteiger partial charge in [0.15, 0.2) is 0 Å². The monoisotopic (exact) mass is 333 g/mol. The summed E-state index contributed by atoms with van der Waals surface area (Å²) >= 11 is 5.85. The fraction of sp³-hybridized carbons (Fsp3) is 0.312. The highest BCUT2D eigenvalue weighted by Gasteiger charge is 2.40. The first-order valence-corrected chi connectivity index (χ1v) is 7.70. The highest BCUT2D eigenvalue weighted by atomic mass is 35.5. The standard InChI is InChI=1S/C16H16ClN3O3/c17-12-2-4-13(5-3-12)20-10-11(9-18-20)15(23)19-16(6-1-7-16)8-14(21)22/h2-5,9-10H,1,6-8H2,(H,19,23)(H,21,22). The summed E-state index contributed by atoms with van der Waals surface area (Å²) in [5.41, 5.74) is 0.569. The van der Waals surface area contributed by atoms with Gasteiger partial charge >= 0.3 is 5.97 Å². The van der Waals surface area contributed by atoms with Crippen LogP contribution in [0.2, 0.25) is 5.02 Å². The van der Waals surface area contributed by atoms with E-state index < -0.39 is 11.5 Å². The normalized spacial score (nSPS) is 15.7. The van der Waals surface area contributed by atoms with E-state index in [-0.39, 0.29) is 12.3 Å². The van der Waals surface area contributed by atoms with Gasteiger partial charge in [-0.05, 0) is 43.5 Å². The molecule has 0 aliphatic heterocycles. The topological polar surface area (TPSA) is 84.2 Å². The van der Waals surface area contributed by atoms with Crippen LogP contribution in [0.4, 0.5) is 0 Å². The van der Waals surface area contributed by atoms with Gasteiger partial charge in [0.05, 0.1) is 29.4 Å². The number of hydrogen-bond donors (Lipinski definition) is 2. The van der Waals surface area contributed by atoms with Crippen LogP contribution in [0.1, 0.15) is 36.0 Å². The maximum absolute atomic E-state index is 12.4. The van der Waals surface area contributed by atoms with Crippen LogP contribution >= 0.6 is 11.6 Å². The van der Waals surface area contributed by atoms with Crippen molar-refractivity contribution in [2.24, 2.45) is 0 Å². The zero-order chi connectivity index (χ0) is 16.4. The molecule has 0 unspecified atom stereocenters. The fourth-order valence-electron chi connectivity index (χ4n) is 2.73. The van der Waals surface area contributed by atoms with E-state index in [1.807, 2.05) is 0 Å². The predicted molar refractivity (Wildman–Crippen MR) is 84.9 cm³/mol. The smallest absolute Gasteiger partial charge is 0.305 e. The number of carbonyl (C=O) groups is 2. The van der Waals surface area contributed by atoms with Gasteiger partial charge in [-0.3, -0.25) is 9.59 Å². The minimum absolute atomic E-state index is 0.0515. The van der Waals surface area contributed by atoms with E-state index in [4.69, 9.17) is 16.7 Å². The third-order valence-electron chi connectivity index (χ3n) is 4.11. The highest BCUT2D eigenvalue weighted by Crippen LogP contribution is 2.35. The number of halogens is 1. The van der Waals surface area contributed by atoms with Crippen molar-refractivity contribution in [2.45, 2.75) is 31.2 Å². The summed E-state index contributed by atoms with van der Waals surface area (Å²) in [6.07, 6.45) is 5.34. The Morgan fingerprint density at radius 2 is 2.00 bits per heavy atom. The molecule has 1 aliphatic rings. The Kier molecular flexibility index (Phi) is 4.09. The van der Waals surface area contributed by atoms with Gasteiger partial charge in [0, 0.05) is 11.2 Å². The number of aliphatic carboxylic acids is 1. The van der Waals surface area contributed by atoms with E-state index in [1.165, 1.54) is 6.20 Å². The molecule has 0 bridgehead atoms. The zero-order valence-corrected chi connectivity index (χ0v) is 13.1. The lowest BCUT2D eigenvalue weighted by atomic mass is 9.74. The maximum atomic E-state index is 12.4. The molecular formula is C16H16ClN3O3. The van der Waals surface area contributed by atoms with E-state index in [2.05, 4.69) is 10.4 Å². The Morgan fingerprint density at radius 1 is 1.30 bits per heavy atom. The zero-order valence-electron chi connectivity index (χ0n) is 12.3. The van der Waals surface area contributed by atoms with Crippen molar-refractivity contribution >= 4 is 23.5 Å². The summed E-state index contributed by atoms with van der Waals surface area (Å²) < 4.78 is 1.58. The molecule has 0 saturated heterocycles. The number of benzene rings is 1. The van der Waals surface area contributed by atoms with Crippen molar-refractivity contribution in [3.63, 3.8) is 0 Å². The lowest BCUT2D eigenvalue weighted by Gasteiger charge is -2.41. The van der Waals surface area contributed by atoms with Crippen LogP contribution in [-0.4, -0.2) is 32.3 Å². The van der Waals surface area contributed by atoms with Crippen LogP contribution in [0.5, 0.6) is 0 Å². The van der Waals surface area contributed by atoms with Crippen molar-refractivity contribution in [3.05, 3.63) is 47.2 Å². The number of amides is 1. The first-order chi connectivity index (χ1) is 11.0. The molecule has 1 aliphatic carbocycles. The number of rotatable bonds is 5. The molecule has 0 atom stereocenters. The maximum Gasteiger partial charge on any atom is 0.305 e. The Balaban J connectivity index is 1.73. The second-order valence-corrected chi connectivity index (χ2v) is 6.24.